The van der Waals surface area contributed by atoms with E-state index in [0.717, 1.165) is 23.8 Å². The van der Waals surface area contributed by atoms with Gasteiger partial charge in [0, 0.05) is 12.6 Å². The van der Waals surface area contributed by atoms with Gasteiger partial charge in [-0.25, -0.2) is 4.39 Å². The quantitative estimate of drug-likeness (QED) is 0.743. The van der Waals surface area contributed by atoms with Crippen LogP contribution in [-0.2, 0) is 0 Å². The summed E-state index contributed by atoms with van der Waals surface area (Å²) in [5, 5.41) is 7.04. The maximum atomic E-state index is 13.5. The van der Waals surface area contributed by atoms with Crippen molar-refractivity contribution < 1.29 is 4.39 Å². The predicted molar refractivity (Wildman–Crippen MR) is 76.6 cm³/mol. The van der Waals surface area contributed by atoms with Crippen LogP contribution in [0.2, 0.25) is 0 Å². The second-order valence-electron chi connectivity index (χ2n) is 5.77. The number of benzene rings is 1. The van der Waals surface area contributed by atoms with Crippen molar-refractivity contribution in [1.29, 1.82) is 0 Å². The molecular formula is C14H18BrFN2. The largest absolute Gasteiger partial charge is 0.381 e. The summed E-state index contributed by atoms with van der Waals surface area (Å²) in [5.41, 5.74) is 2.05. The molecule has 1 saturated carbocycles. The zero-order valence-corrected chi connectivity index (χ0v) is 12.1. The molecule has 1 spiro atoms. The molecule has 18 heavy (non-hydrogen) atoms. The highest BCUT2D eigenvalue weighted by Crippen LogP contribution is 2.41. The zero-order valence-electron chi connectivity index (χ0n) is 10.5. The average Bonchev–Trinajstić information content (AvgIpc) is 2.31. The molecule has 2 unspecified atom stereocenters. The van der Waals surface area contributed by atoms with Crippen molar-refractivity contribution in [2.45, 2.75) is 38.1 Å². The summed E-state index contributed by atoms with van der Waals surface area (Å²) in [7, 11) is 0. The fourth-order valence-electron chi connectivity index (χ4n) is 3.32. The van der Waals surface area contributed by atoms with Crippen LogP contribution in [0.3, 0.4) is 0 Å². The van der Waals surface area contributed by atoms with Gasteiger partial charge in [0.2, 0.25) is 0 Å². The van der Waals surface area contributed by atoms with Gasteiger partial charge in [-0.15, -0.1) is 0 Å². The minimum Gasteiger partial charge on any atom is -0.381 e. The minimum absolute atomic E-state index is 0.155. The molecular weight excluding hydrogens is 295 g/mol. The van der Waals surface area contributed by atoms with E-state index in [9.17, 15) is 4.39 Å². The molecule has 0 bridgehead atoms. The average molecular weight is 313 g/mol. The van der Waals surface area contributed by atoms with Crippen LogP contribution in [0.25, 0.3) is 0 Å². The summed E-state index contributed by atoms with van der Waals surface area (Å²) in [5.74, 6) is 0.550. The molecule has 1 aliphatic carbocycles. The van der Waals surface area contributed by atoms with Crippen molar-refractivity contribution >= 4 is 27.3 Å². The highest BCUT2D eigenvalue weighted by atomic mass is 79.9. The molecule has 98 valence electrons. The maximum Gasteiger partial charge on any atom is 0.139 e. The number of nitrogens with one attached hydrogen (secondary N) is 2. The van der Waals surface area contributed by atoms with Gasteiger partial charge in [0.05, 0.1) is 21.4 Å². The van der Waals surface area contributed by atoms with Gasteiger partial charge in [-0.3, -0.25) is 0 Å². The van der Waals surface area contributed by atoms with Crippen molar-refractivity contribution in [3.63, 3.8) is 0 Å². The monoisotopic (exact) mass is 312 g/mol. The van der Waals surface area contributed by atoms with Gasteiger partial charge in [0.15, 0.2) is 0 Å². The Kier molecular flexibility index (Phi) is 3.00. The molecule has 1 heterocycles. The first-order chi connectivity index (χ1) is 8.58. The SMILES string of the molecule is CC1CCCC2(CNc3cc(F)c(Br)cc3N2)C1. The number of rotatable bonds is 0. The minimum atomic E-state index is -0.212. The molecule has 1 fully saturated rings. The molecule has 2 N–H and O–H groups in total. The van der Waals surface area contributed by atoms with E-state index in [4.69, 9.17) is 0 Å². The highest BCUT2D eigenvalue weighted by molar-refractivity contribution is 9.10. The molecule has 1 aliphatic heterocycles. The van der Waals surface area contributed by atoms with E-state index in [1.165, 1.54) is 25.7 Å². The first-order valence-corrected chi connectivity index (χ1v) is 7.38. The van der Waals surface area contributed by atoms with Crippen molar-refractivity contribution in [2.24, 2.45) is 5.92 Å². The third-order valence-electron chi connectivity index (χ3n) is 4.17. The molecule has 1 aromatic rings. The lowest BCUT2D eigenvalue weighted by atomic mass is 9.75. The van der Waals surface area contributed by atoms with Crippen LogP contribution < -0.4 is 10.6 Å². The number of hydrogen-bond donors (Lipinski definition) is 2. The molecule has 0 aromatic heterocycles. The summed E-state index contributed by atoms with van der Waals surface area (Å²) in [4.78, 5) is 0. The lowest BCUT2D eigenvalue weighted by molar-refractivity contribution is 0.266. The highest BCUT2D eigenvalue weighted by Gasteiger charge is 2.37. The van der Waals surface area contributed by atoms with Gasteiger partial charge in [-0.05, 0) is 40.8 Å². The third kappa shape index (κ3) is 2.11. The second-order valence-corrected chi connectivity index (χ2v) is 6.63. The number of anilines is 2. The van der Waals surface area contributed by atoms with Crippen molar-refractivity contribution in [1.82, 2.24) is 0 Å². The Morgan fingerprint density at radius 3 is 3.00 bits per heavy atom. The molecule has 1 aromatic carbocycles. The number of hydrogen-bond acceptors (Lipinski definition) is 2. The molecule has 3 rings (SSSR count). The Balaban J connectivity index is 1.90. The summed E-state index contributed by atoms with van der Waals surface area (Å²) < 4.78 is 14.0. The van der Waals surface area contributed by atoms with Gasteiger partial charge < -0.3 is 10.6 Å². The Hall–Kier alpha value is -0.770. The number of fused-ring (bicyclic) bond motifs is 1. The molecule has 2 nitrogen and oxygen atoms in total. The van der Waals surface area contributed by atoms with Gasteiger partial charge in [0.25, 0.3) is 0 Å². The van der Waals surface area contributed by atoms with E-state index >= 15 is 0 Å². The Morgan fingerprint density at radius 2 is 2.22 bits per heavy atom. The summed E-state index contributed by atoms with van der Waals surface area (Å²) in [6.07, 6.45) is 4.98. The van der Waals surface area contributed by atoms with Crippen LogP contribution in [0, 0.1) is 11.7 Å². The number of halogens is 2. The first kappa shape index (κ1) is 12.3. The lowest BCUT2D eigenvalue weighted by Gasteiger charge is -2.45. The fourth-order valence-corrected chi connectivity index (χ4v) is 3.67. The molecule has 4 heteroatoms. The Bertz CT molecular complexity index is 477. The van der Waals surface area contributed by atoms with Crippen LogP contribution in [-0.4, -0.2) is 12.1 Å². The summed E-state index contributed by atoms with van der Waals surface area (Å²) >= 11 is 3.26. The smallest absolute Gasteiger partial charge is 0.139 e. The van der Waals surface area contributed by atoms with E-state index in [2.05, 4.69) is 33.5 Å². The lowest BCUT2D eigenvalue weighted by Crippen LogP contribution is -2.50. The van der Waals surface area contributed by atoms with E-state index in [-0.39, 0.29) is 11.4 Å². The molecule has 2 aliphatic rings. The van der Waals surface area contributed by atoms with Crippen molar-refractivity contribution in [3.8, 4) is 0 Å². The van der Waals surface area contributed by atoms with Gasteiger partial charge in [-0.1, -0.05) is 19.8 Å². The van der Waals surface area contributed by atoms with Crippen LogP contribution >= 0.6 is 15.9 Å². The van der Waals surface area contributed by atoms with Crippen LogP contribution in [0.1, 0.15) is 32.6 Å². The summed E-state index contributed by atoms with van der Waals surface area (Å²) in [6, 6.07) is 3.41. The van der Waals surface area contributed by atoms with Gasteiger partial charge in [0.1, 0.15) is 5.82 Å². The predicted octanol–water partition coefficient (Wildman–Crippen LogP) is 4.37. The van der Waals surface area contributed by atoms with Crippen LogP contribution in [0.15, 0.2) is 16.6 Å². The fraction of sp³-hybridized carbons (Fsp3) is 0.571. The molecule has 2 atom stereocenters. The third-order valence-corrected chi connectivity index (χ3v) is 4.78. The van der Waals surface area contributed by atoms with E-state index in [1.807, 2.05) is 6.07 Å². The second kappa shape index (κ2) is 4.41. The standard InChI is InChI=1S/C14H18BrFN2/c1-9-3-2-4-14(7-9)8-17-12-6-11(16)10(15)5-13(12)18-14/h5-6,9,17-18H,2-4,7-8H2,1H3. The molecule has 0 amide bonds. The Labute approximate surface area is 115 Å². The molecule has 0 radical (unpaired) electrons. The normalized spacial score (nSPS) is 30.5. The van der Waals surface area contributed by atoms with Gasteiger partial charge in [-0.2, -0.15) is 0 Å². The van der Waals surface area contributed by atoms with E-state index in [1.54, 1.807) is 6.07 Å². The van der Waals surface area contributed by atoms with E-state index < -0.39 is 0 Å². The van der Waals surface area contributed by atoms with Gasteiger partial charge >= 0.3 is 0 Å². The van der Waals surface area contributed by atoms with Crippen molar-refractivity contribution in [3.05, 3.63) is 22.4 Å². The van der Waals surface area contributed by atoms with Crippen LogP contribution in [0.5, 0.6) is 0 Å². The van der Waals surface area contributed by atoms with E-state index in [0.29, 0.717) is 4.47 Å². The van der Waals surface area contributed by atoms with Crippen molar-refractivity contribution in [2.75, 3.05) is 17.2 Å². The summed E-state index contributed by atoms with van der Waals surface area (Å²) in [6.45, 7) is 3.21. The Morgan fingerprint density at radius 1 is 1.39 bits per heavy atom. The topological polar surface area (TPSA) is 24.1 Å². The zero-order chi connectivity index (χ0) is 12.8. The maximum absolute atomic E-state index is 13.5. The molecule has 0 saturated heterocycles. The van der Waals surface area contributed by atoms with Crippen LogP contribution in [0.4, 0.5) is 15.8 Å². The first-order valence-electron chi connectivity index (χ1n) is 6.59.